The van der Waals surface area contributed by atoms with Crippen LogP contribution in [0.4, 0.5) is 0 Å². The Labute approximate surface area is 170 Å². The van der Waals surface area contributed by atoms with Crippen LogP contribution in [0.1, 0.15) is 26.4 Å². The van der Waals surface area contributed by atoms with Gasteiger partial charge in [-0.05, 0) is 31.2 Å². The largest absolute Gasteiger partial charge is 0.389 e. The fraction of sp³-hybridized carbons (Fsp3) is 0.182. The van der Waals surface area contributed by atoms with Gasteiger partial charge in [0.2, 0.25) is 0 Å². The molecule has 1 aliphatic heterocycles. The van der Waals surface area contributed by atoms with Gasteiger partial charge >= 0.3 is 0 Å². The summed E-state index contributed by atoms with van der Waals surface area (Å²) in [6, 6.07) is 15.5. The van der Waals surface area contributed by atoms with E-state index in [2.05, 4.69) is 5.10 Å². The molecule has 30 heavy (non-hydrogen) atoms. The molecule has 0 radical (unpaired) electrons. The van der Waals surface area contributed by atoms with Crippen molar-refractivity contribution in [2.45, 2.75) is 19.6 Å². The summed E-state index contributed by atoms with van der Waals surface area (Å²) in [5.41, 5.74) is 2.33. The Morgan fingerprint density at radius 1 is 0.933 bits per heavy atom. The predicted octanol–water partition coefficient (Wildman–Crippen LogP) is 1.61. The summed E-state index contributed by atoms with van der Waals surface area (Å²) in [7, 11) is 0. The minimum absolute atomic E-state index is 0.0777. The maximum absolute atomic E-state index is 13.1. The molecule has 5 rings (SSSR count). The minimum Gasteiger partial charge on any atom is -0.389 e. The van der Waals surface area contributed by atoms with E-state index in [0.717, 1.165) is 10.6 Å². The average Bonchev–Trinajstić information content (AvgIpc) is 3.25. The van der Waals surface area contributed by atoms with E-state index in [1.807, 2.05) is 19.1 Å². The maximum Gasteiger partial charge on any atom is 0.261 e. The smallest absolute Gasteiger partial charge is 0.261 e. The zero-order chi connectivity index (χ0) is 21.0. The van der Waals surface area contributed by atoms with Crippen molar-refractivity contribution in [1.29, 1.82) is 0 Å². The van der Waals surface area contributed by atoms with E-state index < -0.39 is 17.9 Å². The number of rotatable bonds is 4. The second kappa shape index (κ2) is 6.64. The van der Waals surface area contributed by atoms with Crippen molar-refractivity contribution in [3.05, 3.63) is 81.8 Å². The van der Waals surface area contributed by atoms with E-state index in [4.69, 9.17) is 0 Å². The van der Waals surface area contributed by atoms with Crippen LogP contribution < -0.4 is 5.56 Å². The summed E-state index contributed by atoms with van der Waals surface area (Å²) in [6.07, 6.45) is -1.12. The molecule has 8 nitrogen and oxygen atoms in total. The predicted molar refractivity (Wildman–Crippen MR) is 110 cm³/mol. The zero-order valence-electron chi connectivity index (χ0n) is 16.1. The lowest BCUT2D eigenvalue weighted by molar-refractivity contribution is 0.0521. The molecule has 0 fully saturated rings. The van der Waals surface area contributed by atoms with Gasteiger partial charge in [0.05, 0.1) is 46.9 Å². The number of carbonyl (C=O) groups is 2. The van der Waals surface area contributed by atoms with Crippen molar-refractivity contribution >= 4 is 28.4 Å². The summed E-state index contributed by atoms with van der Waals surface area (Å²) < 4.78 is 3.10. The molecule has 1 N–H and O–H groups in total. The van der Waals surface area contributed by atoms with Gasteiger partial charge in [-0.3, -0.25) is 23.9 Å². The van der Waals surface area contributed by atoms with Crippen molar-refractivity contribution < 1.29 is 14.7 Å². The standard InChI is InChI=1S/C22H18N4O4/c1-13-10-19-24(22(30)17-8-4-5-9-18(17)26(19)23-13)11-14(27)12-25-20(28)15-6-2-3-7-16(15)21(25)29/h2-10,14,27H,11-12H2,1H3. The summed E-state index contributed by atoms with van der Waals surface area (Å²) in [5.74, 6) is -0.878. The van der Waals surface area contributed by atoms with Gasteiger partial charge in [0.1, 0.15) is 5.65 Å². The topological polar surface area (TPSA) is 96.9 Å². The molecule has 2 amide bonds. The van der Waals surface area contributed by atoms with Crippen molar-refractivity contribution in [2.24, 2.45) is 0 Å². The Morgan fingerprint density at radius 3 is 2.27 bits per heavy atom. The average molecular weight is 402 g/mol. The summed E-state index contributed by atoms with van der Waals surface area (Å²) in [6.45, 7) is 1.54. The molecule has 150 valence electrons. The van der Waals surface area contributed by atoms with E-state index in [0.29, 0.717) is 27.7 Å². The van der Waals surface area contributed by atoms with Crippen LogP contribution in [-0.2, 0) is 6.54 Å². The molecular formula is C22H18N4O4. The molecule has 0 aliphatic carbocycles. The van der Waals surface area contributed by atoms with Gasteiger partial charge < -0.3 is 5.11 Å². The van der Waals surface area contributed by atoms with E-state index in [1.165, 1.54) is 4.57 Å². The van der Waals surface area contributed by atoms with Crippen LogP contribution in [0.2, 0.25) is 0 Å². The summed E-state index contributed by atoms with van der Waals surface area (Å²) >= 11 is 0. The molecule has 0 bridgehead atoms. The lowest BCUT2D eigenvalue weighted by Crippen LogP contribution is -2.40. The third-order valence-corrected chi connectivity index (χ3v) is 5.36. The van der Waals surface area contributed by atoms with Crippen molar-refractivity contribution in [2.75, 3.05) is 6.54 Å². The number of aliphatic hydroxyl groups excluding tert-OH is 1. The molecule has 1 atom stereocenters. The SMILES string of the molecule is Cc1cc2n(CC(O)CN3C(=O)c4ccccc4C3=O)c(=O)c3ccccc3n2n1. The van der Waals surface area contributed by atoms with Crippen LogP contribution in [-0.4, -0.2) is 48.7 Å². The van der Waals surface area contributed by atoms with Gasteiger partial charge in [-0.2, -0.15) is 5.10 Å². The van der Waals surface area contributed by atoms with Crippen LogP contribution in [0.15, 0.2) is 59.4 Å². The molecule has 2 aromatic heterocycles. The van der Waals surface area contributed by atoms with Crippen molar-refractivity contribution in [3.63, 3.8) is 0 Å². The maximum atomic E-state index is 13.1. The highest BCUT2D eigenvalue weighted by molar-refractivity contribution is 6.21. The number of aromatic nitrogens is 3. The number of imide groups is 1. The molecule has 0 saturated carbocycles. The van der Waals surface area contributed by atoms with Crippen LogP contribution in [0, 0.1) is 6.92 Å². The van der Waals surface area contributed by atoms with Crippen LogP contribution in [0.25, 0.3) is 16.6 Å². The van der Waals surface area contributed by atoms with Gasteiger partial charge in [0, 0.05) is 6.07 Å². The third kappa shape index (κ3) is 2.65. The number of aliphatic hydroxyl groups is 1. The molecule has 3 heterocycles. The number of benzene rings is 2. The highest BCUT2D eigenvalue weighted by atomic mass is 16.3. The van der Waals surface area contributed by atoms with Gasteiger partial charge in [-0.1, -0.05) is 24.3 Å². The first-order valence-electron chi connectivity index (χ1n) is 9.57. The lowest BCUT2D eigenvalue weighted by atomic mass is 10.1. The fourth-order valence-corrected chi connectivity index (χ4v) is 4.00. The molecule has 2 aromatic carbocycles. The molecule has 4 aromatic rings. The number of hydrogen-bond acceptors (Lipinski definition) is 5. The molecular weight excluding hydrogens is 384 g/mol. The number of aryl methyl sites for hydroxylation is 1. The van der Waals surface area contributed by atoms with Gasteiger partial charge in [-0.15, -0.1) is 0 Å². The second-order valence-electron chi connectivity index (χ2n) is 7.41. The number of fused-ring (bicyclic) bond motifs is 4. The first kappa shape index (κ1) is 18.3. The number of β-amino-alcohol motifs (C(OH)–C–C–N with tert-alkyl or cyclic N) is 1. The lowest BCUT2D eigenvalue weighted by Gasteiger charge is -2.20. The minimum atomic E-state index is -1.12. The van der Waals surface area contributed by atoms with E-state index in [1.54, 1.807) is 47.0 Å². The van der Waals surface area contributed by atoms with Crippen LogP contribution in [0.5, 0.6) is 0 Å². The van der Waals surface area contributed by atoms with Gasteiger partial charge in [-0.25, -0.2) is 4.52 Å². The molecule has 0 saturated heterocycles. The Bertz CT molecular complexity index is 1370. The quantitative estimate of drug-likeness (QED) is 0.523. The first-order chi connectivity index (χ1) is 14.5. The Kier molecular flexibility index (Phi) is 4.04. The van der Waals surface area contributed by atoms with E-state index in [9.17, 15) is 19.5 Å². The van der Waals surface area contributed by atoms with E-state index in [-0.39, 0.29) is 18.6 Å². The first-order valence-corrected chi connectivity index (χ1v) is 9.57. The third-order valence-electron chi connectivity index (χ3n) is 5.36. The van der Waals surface area contributed by atoms with Crippen molar-refractivity contribution in [3.8, 4) is 0 Å². The highest BCUT2D eigenvalue weighted by Gasteiger charge is 2.36. The highest BCUT2D eigenvalue weighted by Crippen LogP contribution is 2.23. The summed E-state index contributed by atoms with van der Waals surface area (Å²) in [4.78, 5) is 39.3. The van der Waals surface area contributed by atoms with Crippen LogP contribution in [0.3, 0.4) is 0 Å². The number of para-hydroxylation sites is 1. The Morgan fingerprint density at radius 2 is 1.57 bits per heavy atom. The number of amides is 2. The number of nitrogens with zero attached hydrogens (tertiary/aromatic N) is 4. The molecule has 1 aliphatic rings. The number of carbonyl (C=O) groups excluding carboxylic acids is 2. The van der Waals surface area contributed by atoms with Crippen molar-refractivity contribution in [1.82, 2.24) is 19.1 Å². The summed E-state index contributed by atoms with van der Waals surface area (Å²) in [5, 5.41) is 15.6. The monoisotopic (exact) mass is 402 g/mol. The molecule has 1 unspecified atom stereocenters. The van der Waals surface area contributed by atoms with E-state index >= 15 is 0 Å². The second-order valence-corrected chi connectivity index (χ2v) is 7.41. The van der Waals surface area contributed by atoms with Crippen LogP contribution >= 0.6 is 0 Å². The molecule has 0 spiro atoms. The number of hydrogen-bond donors (Lipinski definition) is 1. The zero-order valence-corrected chi connectivity index (χ0v) is 16.1. The normalized spacial score (nSPS) is 14.7. The Hall–Kier alpha value is -3.78. The van der Waals surface area contributed by atoms with Gasteiger partial charge in [0.15, 0.2) is 0 Å². The fourth-order valence-electron chi connectivity index (χ4n) is 4.00. The van der Waals surface area contributed by atoms with Gasteiger partial charge in [0.25, 0.3) is 17.4 Å². The Balaban J connectivity index is 1.50. The molecule has 8 heteroatoms.